The number of nitrogens with zero attached hydrogens (tertiary/aromatic N) is 4. The molecule has 0 saturated carbocycles. The fraction of sp³-hybridized carbons (Fsp3) is 0.722. The van der Waals surface area contributed by atoms with Crippen molar-refractivity contribution in [3.8, 4) is 0 Å². The predicted octanol–water partition coefficient (Wildman–Crippen LogP) is 1.49. The van der Waals surface area contributed by atoms with Crippen molar-refractivity contribution in [3.05, 3.63) is 17.4 Å². The van der Waals surface area contributed by atoms with Crippen molar-refractivity contribution < 1.29 is 14.6 Å². The molecule has 26 heavy (non-hydrogen) atoms. The largest absolute Gasteiger partial charge is 0.461 e. The van der Waals surface area contributed by atoms with E-state index in [2.05, 4.69) is 19.8 Å². The third-order valence-corrected chi connectivity index (χ3v) is 6.15. The molecule has 142 valence electrons. The average molecular weight is 381 g/mol. The lowest BCUT2D eigenvalue weighted by Crippen LogP contribution is -2.43. The van der Waals surface area contributed by atoms with Crippen molar-refractivity contribution in [2.24, 2.45) is 5.41 Å². The second-order valence-electron chi connectivity index (χ2n) is 7.73. The van der Waals surface area contributed by atoms with Crippen molar-refractivity contribution in [2.75, 3.05) is 37.6 Å². The number of anilines is 1. The van der Waals surface area contributed by atoms with Crippen LogP contribution in [0, 0.1) is 5.41 Å². The predicted molar refractivity (Wildman–Crippen MR) is 97.1 cm³/mol. The van der Waals surface area contributed by atoms with Gasteiger partial charge in [0.25, 0.3) is 0 Å². The van der Waals surface area contributed by atoms with Crippen molar-refractivity contribution >= 4 is 23.5 Å². The average Bonchev–Trinajstić information content (AvgIpc) is 2.93. The topological polar surface area (TPSA) is 78.8 Å². The van der Waals surface area contributed by atoms with E-state index < -0.39 is 0 Å². The molecule has 3 aliphatic rings. The SMILES string of the molecule is O=C1OC(CN2CCC(O)CC2)CC12CCN(c1ncc(Cl)cn1)CC2. The van der Waals surface area contributed by atoms with Gasteiger partial charge in [-0.1, -0.05) is 11.6 Å². The van der Waals surface area contributed by atoms with Gasteiger partial charge in [-0.15, -0.1) is 0 Å². The number of cyclic esters (lactones) is 1. The molecule has 1 aromatic rings. The number of hydrogen-bond acceptors (Lipinski definition) is 7. The first-order valence-corrected chi connectivity index (χ1v) is 9.76. The third-order valence-electron chi connectivity index (χ3n) is 5.95. The van der Waals surface area contributed by atoms with Crippen molar-refractivity contribution in [2.45, 2.75) is 44.3 Å². The minimum atomic E-state index is -0.358. The Morgan fingerprint density at radius 3 is 2.50 bits per heavy atom. The van der Waals surface area contributed by atoms with E-state index in [0.29, 0.717) is 11.0 Å². The number of aliphatic hydroxyl groups excluding tert-OH is 1. The number of halogens is 1. The van der Waals surface area contributed by atoms with Gasteiger partial charge in [-0.25, -0.2) is 9.97 Å². The zero-order chi connectivity index (χ0) is 18.1. The number of ether oxygens (including phenoxy) is 1. The molecule has 0 amide bonds. The van der Waals surface area contributed by atoms with Crippen LogP contribution in [0.4, 0.5) is 5.95 Å². The number of piperidine rings is 2. The first kappa shape index (κ1) is 17.9. The van der Waals surface area contributed by atoms with E-state index in [1.54, 1.807) is 12.4 Å². The molecule has 0 aromatic carbocycles. The highest BCUT2D eigenvalue weighted by Gasteiger charge is 2.50. The summed E-state index contributed by atoms with van der Waals surface area (Å²) < 4.78 is 5.73. The van der Waals surface area contributed by atoms with E-state index in [9.17, 15) is 9.90 Å². The maximum Gasteiger partial charge on any atom is 0.312 e. The molecule has 1 N–H and O–H groups in total. The smallest absolute Gasteiger partial charge is 0.312 e. The zero-order valence-electron chi connectivity index (χ0n) is 14.8. The summed E-state index contributed by atoms with van der Waals surface area (Å²) in [5.41, 5.74) is -0.358. The Hall–Kier alpha value is -1.44. The molecule has 3 fully saturated rings. The normalized spacial score (nSPS) is 27.1. The van der Waals surface area contributed by atoms with Crippen LogP contribution in [0.2, 0.25) is 5.02 Å². The molecule has 1 atom stereocenters. The van der Waals surface area contributed by atoms with Gasteiger partial charge in [-0.2, -0.15) is 0 Å². The Morgan fingerprint density at radius 2 is 1.85 bits per heavy atom. The second-order valence-corrected chi connectivity index (χ2v) is 8.17. The summed E-state index contributed by atoms with van der Waals surface area (Å²) in [4.78, 5) is 25.6. The molecule has 0 radical (unpaired) electrons. The lowest BCUT2D eigenvalue weighted by atomic mass is 9.76. The van der Waals surface area contributed by atoms with Gasteiger partial charge in [0.15, 0.2) is 0 Å². The Bertz CT molecular complexity index is 640. The Balaban J connectivity index is 1.33. The fourth-order valence-corrected chi connectivity index (χ4v) is 4.44. The summed E-state index contributed by atoms with van der Waals surface area (Å²) in [6.07, 6.45) is 6.94. The number of aromatic nitrogens is 2. The zero-order valence-corrected chi connectivity index (χ0v) is 15.6. The van der Waals surface area contributed by atoms with E-state index in [4.69, 9.17) is 16.3 Å². The Morgan fingerprint density at radius 1 is 1.19 bits per heavy atom. The van der Waals surface area contributed by atoms with Gasteiger partial charge in [0, 0.05) is 39.1 Å². The van der Waals surface area contributed by atoms with Gasteiger partial charge in [0.2, 0.25) is 5.95 Å². The molecule has 0 bridgehead atoms. The van der Waals surface area contributed by atoms with Crippen LogP contribution in [0.3, 0.4) is 0 Å². The number of carbonyl (C=O) groups is 1. The van der Waals surface area contributed by atoms with E-state index in [0.717, 1.165) is 64.8 Å². The van der Waals surface area contributed by atoms with Gasteiger partial charge in [-0.3, -0.25) is 9.69 Å². The number of esters is 1. The second kappa shape index (κ2) is 7.29. The van der Waals surface area contributed by atoms with Crippen LogP contribution in [0.5, 0.6) is 0 Å². The highest BCUT2D eigenvalue weighted by atomic mass is 35.5. The van der Waals surface area contributed by atoms with Crippen LogP contribution >= 0.6 is 11.6 Å². The number of likely N-dealkylation sites (tertiary alicyclic amines) is 1. The van der Waals surface area contributed by atoms with E-state index in [1.807, 2.05) is 0 Å². The monoisotopic (exact) mass is 380 g/mol. The maximum atomic E-state index is 12.6. The molecule has 8 heteroatoms. The third kappa shape index (κ3) is 3.66. The van der Waals surface area contributed by atoms with E-state index in [-0.39, 0.29) is 23.6 Å². The molecule has 4 heterocycles. The van der Waals surface area contributed by atoms with E-state index in [1.165, 1.54) is 0 Å². The van der Waals surface area contributed by atoms with Gasteiger partial charge in [-0.05, 0) is 25.7 Å². The quantitative estimate of drug-likeness (QED) is 0.796. The van der Waals surface area contributed by atoms with Crippen LogP contribution in [0.25, 0.3) is 0 Å². The minimum absolute atomic E-state index is 0.0314. The van der Waals surface area contributed by atoms with Crippen molar-refractivity contribution in [3.63, 3.8) is 0 Å². The van der Waals surface area contributed by atoms with Gasteiger partial charge < -0.3 is 14.7 Å². The van der Waals surface area contributed by atoms with Crippen molar-refractivity contribution in [1.82, 2.24) is 14.9 Å². The Labute approximate surface area is 158 Å². The molecular weight excluding hydrogens is 356 g/mol. The number of hydrogen-bond donors (Lipinski definition) is 1. The molecule has 3 saturated heterocycles. The highest BCUT2D eigenvalue weighted by Crippen LogP contribution is 2.43. The lowest BCUT2D eigenvalue weighted by molar-refractivity contribution is -0.150. The van der Waals surface area contributed by atoms with Crippen LogP contribution < -0.4 is 4.90 Å². The number of carbonyl (C=O) groups excluding carboxylic acids is 1. The summed E-state index contributed by atoms with van der Waals surface area (Å²) >= 11 is 5.85. The standard InChI is InChI=1S/C18H25ClN4O3/c19-13-10-20-17(21-11-13)23-7-3-18(4-8-23)9-15(26-16(18)25)12-22-5-1-14(24)2-6-22/h10-11,14-15,24H,1-9,12H2. The van der Waals surface area contributed by atoms with E-state index >= 15 is 0 Å². The number of aliphatic hydroxyl groups is 1. The number of rotatable bonds is 3. The molecule has 4 rings (SSSR count). The van der Waals surface area contributed by atoms with Crippen LogP contribution in [0.1, 0.15) is 32.1 Å². The molecule has 1 spiro atoms. The fourth-order valence-electron chi connectivity index (χ4n) is 4.34. The molecule has 1 aromatic heterocycles. The van der Waals surface area contributed by atoms with Gasteiger partial charge in [0.1, 0.15) is 6.10 Å². The molecule has 7 nitrogen and oxygen atoms in total. The first-order chi connectivity index (χ1) is 12.5. The Kier molecular flexibility index (Phi) is 5.03. The summed E-state index contributed by atoms with van der Waals surface area (Å²) in [5.74, 6) is 0.621. The lowest BCUT2D eigenvalue weighted by Gasteiger charge is -2.36. The summed E-state index contributed by atoms with van der Waals surface area (Å²) in [5, 5.41) is 10.2. The molecule has 1 unspecified atom stereocenters. The van der Waals surface area contributed by atoms with Gasteiger partial charge >= 0.3 is 5.97 Å². The van der Waals surface area contributed by atoms with Crippen LogP contribution in [0.15, 0.2) is 12.4 Å². The molecule has 0 aliphatic carbocycles. The molecule has 3 aliphatic heterocycles. The molecular formula is C18H25ClN4O3. The minimum Gasteiger partial charge on any atom is -0.461 e. The summed E-state index contributed by atoms with van der Waals surface area (Å²) in [6.45, 7) is 4.04. The van der Waals surface area contributed by atoms with Gasteiger partial charge in [0.05, 0.1) is 28.9 Å². The van der Waals surface area contributed by atoms with Crippen LogP contribution in [-0.2, 0) is 9.53 Å². The first-order valence-electron chi connectivity index (χ1n) is 9.38. The maximum absolute atomic E-state index is 12.6. The highest BCUT2D eigenvalue weighted by molar-refractivity contribution is 6.30. The summed E-state index contributed by atoms with van der Waals surface area (Å²) in [7, 11) is 0. The van der Waals surface area contributed by atoms with Crippen molar-refractivity contribution in [1.29, 1.82) is 0 Å². The van der Waals surface area contributed by atoms with Crippen LogP contribution in [-0.4, -0.2) is 70.9 Å². The summed E-state index contributed by atoms with van der Waals surface area (Å²) in [6, 6.07) is 0.